The molecule has 12 heteroatoms. The summed E-state index contributed by atoms with van der Waals surface area (Å²) in [5, 5.41) is 89.7. The standard InChI is InChI=1S/2C6H12O6/c7-2-6(11)5(10)4(9)3(8)1-12-6;7-1-3-4(9)5(10)6(11,2-8)12-3/h2*3-5,7-11H,1-2H2/t2*3-,4-,5+,6?/m11/s1. The number of aliphatic hydroxyl groups excluding tert-OH is 8. The molecule has 0 aliphatic carbocycles. The molecule has 2 saturated heterocycles. The predicted octanol–water partition coefficient (Wildman–Crippen LogP) is -6.44. The van der Waals surface area contributed by atoms with Crippen molar-refractivity contribution < 1.29 is 60.5 Å². The fraction of sp³-hybridized carbons (Fsp3) is 1.00. The average Bonchev–Trinajstić information content (AvgIpc) is 2.81. The van der Waals surface area contributed by atoms with Crippen molar-refractivity contribution >= 4 is 0 Å². The van der Waals surface area contributed by atoms with E-state index in [2.05, 4.69) is 9.47 Å². The van der Waals surface area contributed by atoms with Gasteiger partial charge >= 0.3 is 0 Å². The zero-order valence-corrected chi connectivity index (χ0v) is 12.6. The summed E-state index contributed by atoms with van der Waals surface area (Å²) < 4.78 is 9.18. The SMILES string of the molecule is OCC1(O)OC[C@@H](O)[C@@H](O)[C@@H]1O.OC[C@H]1OC(O)(CO)[C@@H](O)[C@@H]1O. The van der Waals surface area contributed by atoms with Gasteiger partial charge in [0.1, 0.15) is 36.6 Å². The molecule has 0 radical (unpaired) electrons. The van der Waals surface area contributed by atoms with Gasteiger partial charge in [-0.3, -0.25) is 0 Å². The normalized spacial score (nSPS) is 48.8. The number of rotatable bonds is 3. The molecular formula is C12H24O12. The molecule has 0 aromatic carbocycles. The lowest BCUT2D eigenvalue weighted by Gasteiger charge is -2.40. The van der Waals surface area contributed by atoms with Gasteiger partial charge in [0.05, 0.1) is 26.4 Å². The molecule has 2 rings (SSSR count). The van der Waals surface area contributed by atoms with Crippen LogP contribution in [0.15, 0.2) is 0 Å². The van der Waals surface area contributed by atoms with E-state index in [0.29, 0.717) is 0 Å². The van der Waals surface area contributed by atoms with Crippen LogP contribution in [0.2, 0.25) is 0 Å². The smallest absolute Gasteiger partial charge is 0.219 e. The van der Waals surface area contributed by atoms with Crippen molar-refractivity contribution in [3.63, 3.8) is 0 Å². The first-order valence-corrected chi connectivity index (χ1v) is 7.05. The predicted molar refractivity (Wildman–Crippen MR) is 72.0 cm³/mol. The third-order valence-electron chi connectivity index (χ3n) is 3.84. The van der Waals surface area contributed by atoms with Gasteiger partial charge in [-0.25, -0.2) is 0 Å². The quantitative estimate of drug-likeness (QED) is 0.227. The van der Waals surface area contributed by atoms with E-state index in [9.17, 15) is 10.2 Å². The first kappa shape index (κ1) is 21.6. The molecule has 24 heavy (non-hydrogen) atoms. The van der Waals surface area contributed by atoms with E-state index in [0.717, 1.165) is 0 Å². The summed E-state index contributed by atoms with van der Waals surface area (Å²) in [6, 6.07) is 0. The Hall–Kier alpha value is -0.480. The minimum absolute atomic E-state index is 0.324. The van der Waals surface area contributed by atoms with Crippen LogP contribution in [0.25, 0.3) is 0 Å². The van der Waals surface area contributed by atoms with Gasteiger partial charge in [-0.05, 0) is 0 Å². The van der Waals surface area contributed by atoms with Gasteiger partial charge in [0.15, 0.2) is 0 Å². The maximum absolute atomic E-state index is 9.25. The first-order valence-electron chi connectivity index (χ1n) is 7.05. The molecule has 10 N–H and O–H groups in total. The van der Waals surface area contributed by atoms with Crippen LogP contribution in [0.1, 0.15) is 0 Å². The van der Waals surface area contributed by atoms with Gasteiger partial charge in [0.2, 0.25) is 11.6 Å². The average molecular weight is 360 g/mol. The summed E-state index contributed by atoms with van der Waals surface area (Å²) in [5.41, 5.74) is 0. The Morgan fingerprint density at radius 2 is 1.29 bits per heavy atom. The van der Waals surface area contributed by atoms with Gasteiger partial charge in [-0.15, -0.1) is 0 Å². The largest absolute Gasteiger partial charge is 0.394 e. The van der Waals surface area contributed by atoms with Gasteiger partial charge in [0.25, 0.3) is 0 Å². The monoisotopic (exact) mass is 360 g/mol. The Balaban J connectivity index is 0.000000240. The van der Waals surface area contributed by atoms with E-state index in [-0.39, 0.29) is 6.61 Å². The van der Waals surface area contributed by atoms with E-state index in [4.69, 9.17) is 40.9 Å². The Morgan fingerprint density at radius 1 is 0.792 bits per heavy atom. The summed E-state index contributed by atoms with van der Waals surface area (Å²) in [6.45, 7) is -2.52. The zero-order valence-electron chi connectivity index (χ0n) is 12.6. The van der Waals surface area contributed by atoms with Crippen LogP contribution >= 0.6 is 0 Å². The fourth-order valence-electron chi connectivity index (χ4n) is 2.18. The molecule has 8 atom stereocenters. The van der Waals surface area contributed by atoms with Crippen LogP contribution in [0, 0.1) is 0 Å². The Labute approximate surface area is 136 Å². The van der Waals surface area contributed by atoms with E-state index < -0.39 is 68.0 Å². The second-order valence-corrected chi connectivity index (χ2v) is 5.59. The van der Waals surface area contributed by atoms with Crippen LogP contribution in [0.5, 0.6) is 0 Å². The Kier molecular flexibility index (Phi) is 7.43. The van der Waals surface area contributed by atoms with Crippen molar-refractivity contribution in [1.82, 2.24) is 0 Å². The molecule has 12 nitrogen and oxygen atoms in total. The highest BCUT2D eigenvalue weighted by Crippen LogP contribution is 2.28. The zero-order chi connectivity index (χ0) is 18.7. The van der Waals surface area contributed by atoms with E-state index >= 15 is 0 Å². The topological polar surface area (TPSA) is 221 Å². The number of aliphatic hydroxyl groups is 10. The highest BCUT2D eigenvalue weighted by atomic mass is 16.7. The van der Waals surface area contributed by atoms with Crippen LogP contribution < -0.4 is 0 Å². The molecule has 0 saturated carbocycles. The lowest BCUT2D eigenvalue weighted by molar-refractivity contribution is -0.331. The van der Waals surface area contributed by atoms with Crippen molar-refractivity contribution in [3.05, 3.63) is 0 Å². The summed E-state index contributed by atoms with van der Waals surface area (Å²) in [4.78, 5) is 0. The number of ether oxygens (including phenoxy) is 2. The van der Waals surface area contributed by atoms with Gasteiger partial charge < -0.3 is 60.5 Å². The molecule has 2 fully saturated rings. The number of hydrogen-bond donors (Lipinski definition) is 10. The fourth-order valence-corrected chi connectivity index (χ4v) is 2.18. The maximum atomic E-state index is 9.25. The van der Waals surface area contributed by atoms with Crippen molar-refractivity contribution in [2.75, 3.05) is 26.4 Å². The van der Waals surface area contributed by atoms with Gasteiger partial charge in [0, 0.05) is 0 Å². The molecule has 0 amide bonds. The van der Waals surface area contributed by atoms with Gasteiger partial charge in [-0.2, -0.15) is 0 Å². The first-order chi connectivity index (χ1) is 11.1. The molecule has 2 unspecified atom stereocenters. The summed E-state index contributed by atoms with van der Waals surface area (Å²) in [7, 11) is 0. The third kappa shape index (κ3) is 4.19. The molecular weight excluding hydrogens is 336 g/mol. The van der Waals surface area contributed by atoms with Gasteiger partial charge in [-0.1, -0.05) is 0 Å². The van der Waals surface area contributed by atoms with Crippen LogP contribution in [-0.4, -0.2) is 126 Å². The van der Waals surface area contributed by atoms with E-state index in [1.54, 1.807) is 0 Å². The van der Waals surface area contributed by atoms with E-state index in [1.807, 2.05) is 0 Å². The molecule has 2 heterocycles. The Bertz CT molecular complexity index is 392. The molecule has 144 valence electrons. The summed E-state index contributed by atoms with van der Waals surface area (Å²) in [5.74, 6) is -4.33. The molecule has 0 aromatic rings. The lowest BCUT2D eigenvalue weighted by atomic mass is 9.98. The van der Waals surface area contributed by atoms with Crippen molar-refractivity contribution in [1.29, 1.82) is 0 Å². The van der Waals surface area contributed by atoms with E-state index in [1.165, 1.54) is 0 Å². The lowest BCUT2D eigenvalue weighted by Crippen LogP contribution is -2.62. The second kappa shape index (κ2) is 8.27. The molecule has 2 aliphatic heterocycles. The van der Waals surface area contributed by atoms with Crippen molar-refractivity contribution in [2.24, 2.45) is 0 Å². The highest BCUT2D eigenvalue weighted by molar-refractivity contribution is 4.94. The molecule has 2 aliphatic rings. The minimum Gasteiger partial charge on any atom is -0.394 e. The third-order valence-corrected chi connectivity index (χ3v) is 3.84. The van der Waals surface area contributed by atoms with Crippen LogP contribution in [0.4, 0.5) is 0 Å². The summed E-state index contributed by atoms with van der Waals surface area (Å²) >= 11 is 0. The minimum atomic E-state index is -2.17. The Morgan fingerprint density at radius 3 is 1.67 bits per heavy atom. The summed E-state index contributed by atoms with van der Waals surface area (Å²) in [6.07, 6.45) is -8.49. The molecule has 0 bridgehead atoms. The molecule has 0 aromatic heterocycles. The number of hydrogen-bond acceptors (Lipinski definition) is 12. The van der Waals surface area contributed by atoms with Crippen LogP contribution in [-0.2, 0) is 9.47 Å². The van der Waals surface area contributed by atoms with Crippen molar-refractivity contribution in [3.8, 4) is 0 Å². The second-order valence-electron chi connectivity index (χ2n) is 5.59. The molecule has 0 spiro atoms. The van der Waals surface area contributed by atoms with Crippen LogP contribution in [0.3, 0.4) is 0 Å². The van der Waals surface area contributed by atoms with Crippen molar-refractivity contribution in [2.45, 2.75) is 48.2 Å². The highest BCUT2D eigenvalue weighted by Gasteiger charge is 2.52. The maximum Gasteiger partial charge on any atom is 0.219 e.